The van der Waals surface area contributed by atoms with Gasteiger partial charge in [-0.2, -0.15) is 0 Å². The van der Waals surface area contributed by atoms with Gasteiger partial charge in [-0.1, -0.05) is 24.3 Å². The molecule has 2 bridgehead atoms. The van der Waals surface area contributed by atoms with Crippen LogP contribution in [-0.4, -0.2) is 36.5 Å². The van der Waals surface area contributed by atoms with Gasteiger partial charge in [0.2, 0.25) is 0 Å². The van der Waals surface area contributed by atoms with E-state index in [0.29, 0.717) is 0 Å². The Morgan fingerprint density at radius 2 is 1.96 bits per heavy atom. The van der Waals surface area contributed by atoms with Crippen molar-refractivity contribution >= 4 is 17.3 Å². The molecular formula is C21H24N2O3S. The Hall–Kier alpha value is -2.47. The van der Waals surface area contributed by atoms with Crippen molar-refractivity contribution in [3.05, 3.63) is 53.6 Å². The van der Waals surface area contributed by atoms with Crippen LogP contribution in [0.25, 0.3) is 0 Å². The van der Waals surface area contributed by atoms with E-state index in [0.717, 1.165) is 47.3 Å². The summed E-state index contributed by atoms with van der Waals surface area (Å²) in [4.78, 5) is 2.16. The number of ether oxygens (including phenoxy) is 3. The molecule has 1 N–H and O–H groups in total. The maximum atomic E-state index is 6.40. The first-order valence-corrected chi connectivity index (χ1v) is 9.52. The zero-order valence-corrected chi connectivity index (χ0v) is 16.6. The third-order valence-electron chi connectivity index (χ3n) is 5.39. The summed E-state index contributed by atoms with van der Waals surface area (Å²) in [5.41, 5.74) is 1.90. The minimum Gasteiger partial charge on any atom is -0.493 e. The summed E-state index contributed by atoms with van der Waals surface area (Å²) in [7, 11) is 3.30. The molecule has 142 valence electrons. The number of nitrogens with one attached hydrogen (secondary N) is 1. The van der Waals surface area contributed by atoms with Crippen molar-refractivity contribution in [2.75, 3.05) is 20.8 Å². The third kappa shape index (κ3) is 3.18. The average Bonchev–Trinajstić information content (AvgIpc) is 2.67. The Kier molecular flexibility index (Phi) is 4.60. The van der Waals surface area contributed by atoms with Crippen LogP contribution in [0.5, 0.6) is 17.2 Å². The standard InChI is InChI=1S/C21H24N2O3S/c1-21-13-16(15-6-4-5-7-17(15)26-21)22-20(27)23(21)11-10-14-8-9-18(24-2)19(12-14)25-3/h4-9,12,16H,10-11,13H2,1-3H3,(H,22,27)/t16-,21-/m0/s1. The molecule has 6 heteroatoms. The van der Waals surface area contributed by atoms with Crippen LogP contribution in [0.3, 0.4) is 0 Å². The number of nitrogens with zero attached hydrogens (tertiary/aromatic N) is 1. The number of para-hydroxylation sites is 1. The molecule has 0 aromatic heterocycles. The number of hydrogen-bond donors (Lipinski definition) is 1. The van der Waals surface area contributed by atoms with Crippen molar-refractivity contribution in [1.82, 2.24) is 10.2 Å². The minimum atomic E-state index is -0.447. The van der Waals surface area contributed by atoms with Gasteiger partial charge in [-0.05, 0) is 49.3 Å². The van der Waals surface area contributed by atoms with Gasteiger partial charge in [-0.15, -0.1) is 0 Å². The topological polar surface area (TPSA) is 43.0 Å². The van der Waals surface area contributed by atoms with Crippen molar-refractivity contribution < 1.29 is 14.2 Å². The van der Waals surface area contributed by atoms with Gasteiger partial charge in [0.15, 0.2) is 22.3 Å². The fourth-order valence-electron chi connectivity index (χ4n) is 3.98. The van der Waals surface area contributed by atoms with E-state index in [-0.39, 0.29) is 6.04 Å². The molecule has 2 aliphatic rings. The fourth-order valence-corrected chi connectivity index (χ4v) is 4.41. The first kappa shape index (κ1) is 17.9. The summed E-state index contributed by atoms with van der Waals surface area (Å²) in [5.74, 6) is 2.41. The molecule has 0 spiro atoms. The normalized spacial score (nSPS) is 23.1. The molecule has 27 heavy (non-hydrogen) atoms. The van der Waals surface area contributed by atoms with E-state index in [1.54, 1.807) is 14.2 Å². The van der Waals surface area contributed by atoms with Gasteiger partial charge in [0.25, 0.3) is 0 Å². The summed E-state index contributed by atoms with van der Waals surface area (Å²) in [6, 6.07) is 14.4. The molecule has 0 unspecified atom stereocenters. The summed E-state index contributed by atoms with van der Waals surface area (Å²) in [5, 5.41) is 4.23. The highest BCUT2D eigenvalue weighted by Crippen LogP contribution is 2.43. The van der Waals surface area contributed by atoms with E-state index in [1.807, 2.05) is 30.3 Å². The van der Waals surface area contributed by atoms with Crippen LogP contribution < -0.4 is 19.5 Å². The summed E-state index contributed by atoms with van der Waals surface area (Å²) in [6.07, 6.45) is 1.68. The maximum absolute atomic E-state index is 6.40. The number of fused-ring (bicyclic) bond motifs is 4. The molecule has 5 nitrogen and oxygen atoms in total. The number of thiocarbonyl (C=S) groups is 1. The molecule has 2 aromatic carbocycles. The quantitative estimate of drug-likeness (QED) is 0.794. The van der Waals surface area contributed by atoms with Crippen molar-refractivity contribution in [3.63, 3.8) is 0 Å². The molecule has 1 saturated heterocycles. The minimum absolute atomic E-state index is 0.199. The smallest absolute Gasteiger partial charge is 0.184 e. The first-order valence-electron chi connectivity index (χ1n) is 9.11. The van der Waals surface area contributed by atoms with E-state index in [9.17, 15) is 0 Å². The summed E-state index contributed by atoms with van der Waals surface area (Å²) in [6.45, 7) is 2.88. The Labute approximate surface area is 165 Å². The van der Waals surface area contributed by atoms with Crippen LogP contribution in [0.4, 0.5) is 0 Å². The van der Waals surface area contributed by atoms with Crippen LogP contribution in [0.1, 0.15) is 30.5 Å². The highest BCUT2D eigenvalue weighted by atomic mass is 32.1. The number of hydrogen-bond acceptors (Lipinski definition) is 4. The fraction of sp³-hybridized carbons (Fsp3) is 0.381. The Balaban J connectivity index is 1.54. The van der Waals surface area contributed by atoms with Crippen LogP contribution in [0.2, 0.25) is 0 Å². The second-order valence-electron chi connectivity index (χ2n) is 7.11. The molecule has 2 aliphatic heterocycles. The predicted molar refractivity (Wildman–Crippen MR) is 109 cm³/mol. The molecule has 0 radical (unpaired) electrons. The molecule has 2 heterocycles. The molecule has 2 atom stereocenters. The number of rotatable bonds is 5. The number of methoxy groups -OCH3 is 2. The second-order valence-corrected chi connectivity index (χ2v) is 7.50. The van der Waals surface area contributed by atoms with Gasteiger partial charge in [0, 0.05) is 18.5 Å². The van der Waals surface area contributed by atoms with Gasteiger partial charge in [0.1, 0.15) is 5.75 Å². The second kappa shape index (κ2) is 6.93. The Morgan fingerprint density at radius 3 is 2.74 bits per heavy atom. The van der Waals surface area contributed by atoms with Crippen molar-refractivity contribution in [2.24, 2.45) is 0 Å². The maximum Gasteiger partial charge on any atom is 0.184 e. The van der Waals surface area contributed by atoms with E-state index >= 15 is 0 Å². The largest absolute Gasteiger partial charge is 0.493 e. The zero-order valence-electron chi connectivity index (χ0n) is 15.8. The van der Waals surface area contributed by atoms with Crippen molar-refractivity contribution in [2.45, 2.75) is 31.5 Å². The van der Waals surface area contributed by atoms with Gasteiger partial charge >= 0.3 is 0 Å². The molecule has 0 saturated carbocycles. The lowest BCUT2D eigenvalue weighted by Gasteiger charge is -2.52. The van der Waals surface area contributed by atoms with E-state index in [1.165, 1.54) is 5.56 Å². The third-order valence-corrected chi connectivity index (χ3v) is 5.73. The lowest BCUT2D eigenvalue weighted by molar-refractivity contribution is -0.0676. The van der Waals surface area contributed by atoms with Crippen molar-refractivity contribution in [3.8, 4) is 17.2 Å². The Bertz CT molecular complexity index is 872. The van der Waals surface area contributed by atoms with Crippen LogP contribution in [0.15, 0.2) is 42.5 Å². The van der Waals surface area contributed by atoms with Crippen LogP contribution in [0, 0.1) is 0 Å². The van der Waals surface area contributed by atoms with Crippen LogP contribution in [-0.2, 0) is 6.42 Å². The van der Waals surface area contributed by atoms with E-state index < -0.39 is 5.72 Å². The lowest BCUT2D eigenvalue weighted by atomic mass is 9.90. The molecule has 2 aromatic rings. The predicted octanol–water partition coefficient (Wildman–Crippen LogP) is 3.68. The lowest BCUT2D eigenvalue weighted by Crippen LogP contribution is -2.64. The molecule has 0 aliphatic carbocycles. The van der Waals surface area contributed by atoms with Crippen molar-refractivity contribution in [1.29, 1.82) is 0 Å². The van der Waals surface area contributed by atoms with Gasteiger partial charge in [-0.3, -0.25) is 0 Å². The van der Waals surface area contributed by atoms with Gasteiger partial charge < -0.3 is 24.4 Å². The first-order chi connectivity index (χ1) is 13.0. The average molecular weight is 385 g/mol. The van der Waals surface area contributed by atoms with Gasteiger partial charge in [-0.25, -0.2) is 0 Å². The van der Waals surface area contributed by atoms with E-state index in [4.69, 9.17) is 26.4 Å². The van der Waals surface area contributed by atoms with Crippen LogP contribution >= 0.6 is 12.2 Å². The molecule has 1 fully saturated rings. The molecule has 4 rings (SSSR count). The highest BCUT2D eigenvalue weighted by Gasteiger charge is 2.47. The summed E-state index contributed by atoms with van der Waals surface area (Å²) >= 11 is 5.68. The molecular weight excluding hydrogens is 360 g/mol. The Morgan fingerprint density at radius 1 is 1.19 bits per heavy atom. The van der Waals surface area contributed by atoms with E-state index in [2.05, 4.69) is 29.3 Å². The highest BCUT2D eigenvalue weighted by molar-refractivity contribution is 7.80. The zero-order chi connectivity index (χ0) is 19.0. The summed E-state index contributed by atoms with van der Waals surface area (Å²) < 4.78 is 17.1. The monoisotopic (exact) mass is 384 g/mol. The van der Waals surface area contributed by atoms with Gasteiger partial charge in [0.05, 0.1) is 20.3 Å². The SMILES string of the molecule is COc1ccc(CCN2C(=S)N[C@H]3C[C@]2(C)Oc2ccccc23)cc1OC. The number of benzene rings is 2. The molecule has 0 amide bonds.